The van der Waals surface area contributed by atoms with Crippen molar-refractivity contribution in [2.45, 2.75) is 19.8 Å². The molecule has 1 aliphatic rings. The van der Waals surface area contributed by atoms with Crippen LogP contribution in [0.3, 0.4) is 0 Å². The number of piperidine rings is 1. The molecular weight excluding hydrogens is 296 g/mol. The van der Waals surface area contributed by atoms with Gasteiger partial charge in [0.25, 0.3) is 0 Å². The molecule has 124 valence electrons. The zero-order valence-corrected chi connectivity index (χ0v) is 13.5. The number of carbonyl (C=O) groups excluding carboxylic acids is 2. The number of hydrazone groups is 1. The summed E-state index contributed by atoms with van der Waals surface area (Å²) >= 11 is 0. The minimum absolute atomic E-state index is 0.532. The number of hydrogen-bond acceptors (Lipinski definition) is 4. The van der Waals surface area contributed by atoms with Crippen LogP contribution in [-0.2, 0) is 9.59 Å². The molecule has 0 spiro atoms. The van der Waals surface area contributed by atoms with E-state index >= 15 is 0 Å². The Morgan fingerprint density at radius 2 is 1.83 bits per heavy atom. The number of nitrogens with one attached hydrogen (secondary N) is 3. The van der Waals surface area contributed by atoms with E-state index in [0.717, 1.165) is 31.6 Å². The molecule has 0 atom stereocenters. The Bertz CT molecular complexity index is 573. The molecule has 1 aromatic rings. The van der Waals surface area contributed by atoms with Gasteiger partial charge in [0, 0.05) is 24.2 Å². The topological polar surface area (TPSA) is 84.2 Å². The molecule has 0 unspecified atom stereocenters. The third kappa shape index (κ3) is 5.37. The molecule has 1 fully saturated rings. The van der Waals surface area contributed by atoms with Crippen molar-refractivity contribution in [2.24, 2.45) is 5.10 Å². The van der Waals surface area contributed by atoms with Crippen molar-refractivity contribution in [3.63, 3.8) is 0 Å². The maximum Gasteiger partial charge on any atom is 0.329 e. The lowest BCUT2D eigenvalue weighted by molar-refractivity contribution is -0.880. The fraction of sp³-hybridized carbons (Fsp3) is 0.438. The van der Waals surface area contributed by atoms with E-state index in [-0.39, 0.29) is 0 Å². The SMILES string of the molecule is CCOc1ccc(NC(=O)C(=O)NN=C2CC[NH+](C)CC2)cc1. The maximum absolute atomic E-state index is 11.8. The fourth-order valence-corrected chi connectivity index (χ4v) is 2.25. The number of likely N-dealkylation sites (tertiary alicyclic amines) is 1. The highest BCUT2D eigenvalue weighted by Crippen LogP contribution is 2.15. The number of nitrogens with zero attached hydrogens (tertiary/aromatic N) is 1. The van der Waals surface area contributed by atoms with Crippen LogP contribution in [0.5, 0.6) is 5.75 Å². The van der Waals surface area contributed by atoms with Crippen LogP contribution < -0.4 is 20.4 Å². The molecule has 1 aromatic carbocycles. The van der Waals surface area contributed by atoms with Gasteiger partial charge in [-0.25, -0.2) is 5.43 Å². The minimum atomic E-state index is -0.766. The van der Waals surface area contributed by atoms with Crippen LogP contribution >= 0.6 is 0 Å². The molecule has 0 aliphatic carbocycles. The fourth-order valence-electron chi connectivity index (χ4n) is 2.25. The average Bonchev–Trinajstić information content (AvgIpc) is 2.56. The summed E-state index contributed by atoms with van der Waals surface area (Å²) in [5.41, 5.74) is 3.78. The summed E-state index contributed by atoms with van der Waals surface area (Å²) in [7, 11) is 2.12. The minimum Gasteiger partial charge on any atom is -0.494 e. The Balaban J connectivity index is 1.82. The molecule has 2 rings (SSSR count). The van der Waals surface area contributed by atoms with E-state index in [4.69, 9.17) is 4.74 Å². The van der Waals surface area contributed by atoms with Gasteiger partial charge in [0.1, 0.15) is 5.75 Å². The number of anilines is 1. The van der Waals surface area contributed by atoms with Crippen LogP contribution in [0.4, 0.5) is 5.69 Å². The van der Waals surface area contributed by atoms with Crippen molar-refractivity contribution in [3.8, 4) is 5.75 Å². The van der Waals surface area contributed by atoms with Crippen LogP contribution in [0.15, 0.2) is 29.4 Å². The summed E-state index contributed by atoms with van der Waals surface area (Å²) in [5.74, 6) is -0.791. The Labute approximate surface area is 135 Å². The Hall–Kier alpha value is -2.41. The molecule has 0 bridgehead atoms. The lowest BCUT2D eigenvalue weighted by Gasteiger charge is -2.20. The predicted octanol–water partition coefficient (Wildman–Crippen LogP) is -0.195. The molecule has 2 amide bonds. The number of benzene rings is 1. The first-order valence-corrected chi connectivity index (χ1v) is 7.79. The van der Waals surface area contributed by atoms with Gasteiger partial charge in [0.15, 0.2) is 0 Å². The second kappa shape index (κ2) is 8.28. The van der Waals surface area contributed by atoms with Crippen LogP contribution in [0, 0.1) is 0 Å². The highest BCUT2D eigenvalue weighted by atomic mass is 16.5. The van der Waals surface area contributed by atoms with Crippen LogP contribution in [0.2, 0.25) is 0 Å². The van der Waals surface area contributed by atoms with Crippen molar-refractivity contribution in [1.82, 2.24) is 5.43 Å². The van der Waals surface area contributed by atoms with E-state index in [2.05, 4.69) is 22.9 Å². The highest BCUT2D eigenvalue weighted by Gasteiger charge is 2.17. The van der Waals surface area contributed by atoms with Gasteiger partial charge in [0.2, 0.25) is 0 Å². The highest BCUT2D eigenvalue weighted by molar-refractivity contribution is 6.39. The van der Waals surface area contributed by atoms with E-state index < -0.39 is 11.8 Å². The van der Waals surface area contributed by atoms with Crippen LogP contribution in [0.1, 0.15) is 19.8 Å². The Morgan fingerprint density at radius 1 is 1.17 bits per heavy atom. The van der Waals surface area contributed by atoms with Crippen molar-refractivity contribution in [1.29, 1.82) is 0 Å². The average molecular weight is 319 g/mol. The van der Waals surface area contributed by atoms with E-state index in [1.54, 1.807) is 24.3 Å². The normalized spacial score (nSPS) is 17.3. The predicted molar refractivity (Wildman–Crippen MR) is 87.7 cm³/mol. The van der Waals surface area contributed by atoms with Crippen molar-refractivity contribution < 1.29 is 19.2 Å². The Kier molecular flexibility index (Phi) is 6.10. The number of hydrogen-bond donors (Lipinski definition) is 3. The van der Waals surface area contributed by atoms with Crippen LogP contribution in [-0.4, -0.2) is 44.3 Å². The van der Waals surface area contributed by atoms with E-state index in [1.165, 1.54) is 4.90 Å². The van der Waals surface area contributed by atoms with Crippen molar-refractivity contribution in [3.05, 3.63) is 24.3 Å². The molecule has 1 heterocycles. The number of rotatable bonds is 4. The van der Waals surface area contributed by atoms with Gasteiger partial charge in [-0.3, -0.25) is 9.59 Å². The second-order valence-corrected chi connectivity index (χ2v) is 5.49. The first-order chi connectivity index (χ1) is 11.1. The molecule has 7 nitrogen and oxygen atoms in total. The van der Waals surface area contributed by atoms with E-state index in [1.807, 2.05) is 6.92 Å². The first-order valence-electron chi connectivity index (χ1n) is 7.79. The van der Waals surface area contributed by atoms with Crippen LogP contribution in [0.25, 0.3) is 0 Å². The van der Waals surface area contributed by atoms with Crippen molar-refractivity contribution >= 4 is 23.2 Å². The smallest absolute Gasteiger partial charge is 0.329 e. The van der Waals surface area contributed by atoms with Gasteiger partial charge in [0.05, 0.1) is 26.7 Å². The molecule has 23 heavy (non-hydrogen) atoms. The monoisotopic (exact) mass is 319 g/mol. The van der Waals surface area contributed by atoms with Crippen molar-refractivity contribution in [2.75, 3.05) is 32.1 Å². The number of amides is 2. The first kappa shape index (κ1) is 17.0. The standard InChI is InChI=1S/C16H22N4O3/c1-3-23-14-6-4-12(5-7-14)17-15(21)16(22)19-18-13-8-10-20(2)11-9-13/h4-7H,3,8-11H2,1-2H3,(H,17,21)(H,19,22)/p+1. The van der Waals surface area contributed by atoms with Gasteiger partial charge >= 0.3 is 11.8 Å². The quantitative estimate of drug-likeness (QED) is 0.531. The van der Waals surface area contributed by atoms with E-state index in [0.29, 0.717) is 18.0 Å². The maximum atomic E-state index is 11.8. The molecule has 3 N–H and O–H groups in total. The summed E-state index contributed by atoms with van der Waals surface area (Å²) in [6.07, 6.45) is 1.68. The van der Waals surface area contributed by atoms with E-state index in [9.17, 15) is 9.59 Å². The zero-order chi connectivity index (χ0) is 16.7. The van der Waals surface area contributed by atoms with Gasteiger partial charge < -0.3 is 15.0 Å². The van der Waals surface area contributed by atoms with Gasteiger partial charge in [-0.1, -0.05) is 0 Å². The number of quaternary nitrogens is 1. The molecule has 0 radical (unpaired) electrons. The lowest BCUT2D eigenvalue weighted by atomic mass is 10.1. The molecule has 1 saturated heterocycles. The summed E-state index contributed by atoms with van der Waals surface area (Å²) in [6, 6.07) is 6.83. The number of carbonyl (C=O) groups is 2. The molecule has 1 aliphatic heterocycles. The summed E-state index contributed by atoms with van der Waals surface area (Å²) < 4.78 is 5.32. The van der Waals surface area contributed by atoms with Gasteiger partial charge in [-0.05, 0) is 31.2 Å². The third-order valence-electron chi connectivity index (χ3n) is 3.63. The zero-order valence-electron chi connectivity index (χ0n) is 13.5. The lowest BCUT2D eigenvalue weighted by Crippen LogP contribution is -3.10. The molecule has 0 aromatic heterocycles. The Morgan fingerprint density at radius 3 is 2.43 bits per heavy atom. The third-order valence-corrected chi connectivity index (χ3v) is 3.63. The molecule has 7 heteroatoms. The summed E-state index contributed by atoms with van der Waals surface area (Å²) in [4.78, 5) is 25.0. The van der Waals surface area contributed by atoms with Gasteiger partial charge in [-0.15, -0.1) is 0 Å². The van der Waals surface area contributed by atoms with Gasteiger partial charge in [-0.2, -0.15) is 5.10 Å². The second-order valence-electron chi connectivity index (χ2n) is 5.49. The largest absolute Gasteiger partial charge is 0.494 e. The summed E-state index contributed by atoms with van der Waals surface area (Å²) in [5, 5.41) is 6.57. The molecular formula is C16H23N4O3+. The molecule has 0 saturated carbocycles. The number of ether oxygens (including phenoxy) is 1. The summed E-state index contributed by atoms with van der Waals surface area (Å²) in [6.45, 7) is 4.46.